The predicted molar refractivity (Wildman–Crippen MR) is 82.3 cm³/mol. The Kier molecular flexibility index (Phi) is 4.23. The Hall–Kier alpha value is -1.09. The summed E-state index contributed by atoms with van der Waals surface area (Å²) in [7, 11) is 0. The summed E-state index contributed by atoms with van der Waals surface area (Å²) in [4.78, 5) is 4.79. The van der Waals surface area contributed by atoms with E-state index in [-0.39, 0.29) is 0 Å². The maximum absolute atomic E-state index is 4.79. The summed E-state index contributed by atoms with van der Waals surface area (Å²) in [6, 6.07) is 6.50. The fourth-order valence-corrected chi connectivity index (χ4v) is 2.72. The second kappa shape index (κ2) is 5.70. The summed E-state index contributed by atoms with van der Waals surface area (Å²) in [6.45, 7) is 7.42. The first-order valence-corrected chi connectivity index (χ1v) is 7.28. The molecule has 18 heavy (non-hydrogen) atoms. The van der Waals surface area contributed by atoms with E-state index in [0.717, 1.165) is 35.2 Å². The molecule has 3 heteroatoms. The molecule has 0 unspecified atom stereocenters. The van der Waals surface area contributed by atoms with Gasteiger partial charge in [-0.25, -0.2) is 4.98 Å². The van der Waals surface area contributed by atoms with Gasteiger partial charge >= 0.3 is 0 Å². The fourth-order valence-electron chi connectivity index (χ4n) is 2.13. The lowest BCUT2D eigenvalue weighted by atomic mass is 10.1. The minimum Gasteiger partial charge on any atom is -0.370 e. The highest BCUT2D eigenvalue weighted by Crippen LogP contribution is 2.26. The summed E-state index contributed by atoms with van der Waals surface area (Å²) >= 11 is 3.55. The lowest BCUT2D eigenvalue weighted by Gasteiger charge is -2.12. The molecule has 0 saturated carbocycles. The van der Waals surface area contributed by atoms with Crippen LogP contribution >= 0.6 is 15.9 Å². The summed E-state index contributed by atoms with van der Waals surface area (Å²) in [5.74, 6) is 1.04. The number of benzene rings is 1. The fraction of sp³-hybridized carbons (Fsp3) is 0.400. The number of fused-ring (bicyclic) bond motifs is 1. The number of hydrogen-bond acceptors (Lipinski definition) is 2. The van der Waals surface area contributed by atoms with Gasteiger partial charge in [0.2, 0.25) is 0 Å². The number of hydrogen-bond donors (Lipinski definition) is 1. The summed E-state index contributed by atoms with van der Waals surface area (Å²) in [6.07, 6.45) is 2.11. The van der Waals surface area contributed by atoms with Crippen LogP contribution in [0.2, 0.25) is 0 Å². The Morgan fingerprint density at radius 1 is 1.22 bits per heavy atom. The average molecular weight is 307 g/mol. The van der Waals surface area contributed by atoms with Crippen molar-refractivity contribution in [2.24, 2.45) is 0 Å². The first-order valence-electron chi connectivity index (χ1n) is 6.49. The van der Waals surface area contributed by atoms with E-state index in [2.05, 4.69) is 60.2 Å². The van der Waals surface area contributed by atoms with E-state index in [1.54, 1.807) is 0 Å². The van der Waals surface area contributed by atoms with Crippen molar-refractivity contribution in [1.82, 2.24) is 4.98 Å². The molecule has 0 aliphatic rings. The molecule has 1 heterocycles. The molecule has 96 valence electrons. The summed E-state index contributed by atoms with van der Waals surface area (Å²) < 4.78 is 1.12. The van der Waals surface area contributed by atoms with E-state index < -0.39 is 0 Å². The Morgan fingerprint density at radius 2 is 2.00 bits per heavy atom. The van der Waals surface area contributed by atoms with E-state index in [9.17, 15) is 0 Å². The van der Waals surface area contributed by atoms with Crippen LogP contribution in [0.4, 0.5) is 5.82 Å². The Bertz CT molecular complexity index is 564. The van der Waals surface area contributed by atoms with Gasteiger partial charge in [-0.05, 0) is 49.1 Å². The second-order valence-electron chi connectivity index (χ2n) is 4.57. The molecular formula is C15H19BrN2. The van der Waals surface area contributed by atoms with Crippen molar-refractivity contribution in [3.05, 3.63) is 33.8 Å². The molecule has 0 aliphatic heterocycles. The molecule has 1 aromatic carbocycles. The SMILES string of the molecule is CCCNc1nc2c(C)cc(Br)cc2cc1CC. The molecule has 0 amide bonds. The smallest absolute Gasteiger partial charge is 0.129 e. The molecule has 0 radical (unpaired) electrons. The van der Waals surface area contributed by atoms with Gasteiger partial charge in [-0.3, -0.25) is 0 Å². The normalized spacial score (nSPS) is 10.9. The van der Waals surface area contributed by atoms with Crippen molar-refractivity contribution in [3.63, 3.8) is 0 Å². The van der Waals surface area contributed by atoms with Gasteiger partial charge in [0.05, 0.1) is 5.52 Å². The molecule has 2 aromatic rings. The number of aryl methyl sites for hydroxylation is 2. The number of aromatic nitrogens is 1. The Morgan fingerprint density at radius 3 is 2.67 bits per heavy atom. The van der Waals surface area contributed by atoms with E-state index in [1.807, 2.05) is 0 Å². The van der Waals surface area contributed by atoms with Gasteiger partial charge in [-0.15, -0.1) is 0 Å². The first kappa shape index (κ1) is 13.3. The Balaban J connectivity index is 2.57. The number of anilines is 1. The standard InChI is InChI=1S/C15H19BrN2/c1-4-6-17-15-11(5-2)8-12-9-13(16)7-10(3)14(12)18-15/h7-9H,4-6H2,1-3H3,(H,17,18). The molecule has 0 saturated heterocycles. The monoisotopic (exact) mass is 306 g/mol. The number of nitrogens with zero attached hydrogens (tertiary/aromatic N) is 1. The van der Waals surface area contributed by atoms with Gasteiger partial charge in [-0.2, -0.15) is 0 Å². The number of halogens is 1. The average Bonchev–Trinajstić information content (AvgIpc) is 2.35. The van der Waals surface area contributed by atoms with Crippen LogP contribution in [-0.4, -0.2) is 11.5 Å². The molecule has 1 aromatic heterocycles. The van der Waals surface area contributed by atoms with E-state index in [1.165, 1.54) is 16.5 Å². The second-order valence-corrected chi connectivity index (χ2v) is 5.49. The van der Waals surface area contributed by atoms with Gasteiger partial charge in [0.1, 0.15) is 5.82 Å². The van der Waals surface area contributed by atoms with Gasteiger partial charge in [0.25, 0.3) is 0 Å². The zero-order chi connectivity index (χ0) is 13.1. The maximum Gasteiger partial charge on any atom is 0.129 e. The predicted octanol–water partition coefficient (Wildman–Crippen LogP) is 4.69. The highest BCUT2D eigenvalue weighted by molar-refractivity contribution is 9.10. The van der Waals surface area contributed by atoms with Crippen molar-refractivity contribution in [1.29, 1.82) is 0 Å². The molecule has 2 nitrogen and oxygen atoms in total. The maximum atomic E-state index is 4.79. The third-order valence-electron chi connectivity index (χ3n) is 3.08. The number of pyridine rings is 1. The van der Waals surface area contributed by atoms with E-state index >= 15 is 0 Å². The third-order valence-corrected chi connectivity index (χ3v) is 3.53. The third kappa shape index (κ3) is 2.66. The molecule has 0 bridgehead atoms. The molecule has 0 spiro atoms. The lowest BCUT2D eigenvalue weighted by Crippen LogP contribution is -2.05. The van der Waals surface area contributed by atoms with Crippen LogP contribution in [0.1, 0.15) is 31.4 Å². The van der Waals surface area contributed by atoms with Gasteiger partial charge < -0.3 is 5.32 Å². The van der Waals surface area contributed by atoms with E-state index in [0.29, 0.717) is 0 Å². The van der Waals surface area contributed by atoms with Gasteiger partial charge in [-0.1, -0.05) is 29.8 Å². The number of nitrogens with one attached hydrogen (secondary N) is 1. The molecule has 1 N–H and O–H groups in total. The van der Waals surface area contributed by atoms with Crippen LogP contribution < -0.4 is 5.32 Å². The van der Waals surface area contributed by atoms with Crippen LogP contribution in [0, 0.1) is 6.92 Å². The molecule has 2 rings (SSSR count). The highest BCUT2D eigenvalue weighted by Gasteiger charge is 2.07. The van der Waals surface area contributed by atoms with Gasteiger partial charge in [0, 0.05) is 16.4 Å². The van der Waals surface area contributed by atoms with Crippen LogP contribution in [0.3, 0.4) is 0 Å². The zero-order valence-corrected chi connectivity index (χ0v) is 12.8. The minimum absolute atomic E-state index is 0.973. The Labute approximate surface area is 117 Å². The van der Waals surface area contributed by atoms with Crippen LogP contribution in [-0.2, 0) is 6.42 Å². The molecule has 0 atom stereocenters. The van der Waals surface area contributed by atoms with Crippen molar-refractivity contribution >= 4 is 32.7 Å². The van der Waals surface area contributed by atoms with Crippen molar-refractivity contribution in [2.75, 3.05) is 11.9 Å². The molecule has 0 fully saturated rings. The summed E-state index contributed by atoms with van der Waals surface area (Å²) in [5.41, 5.74) is 3.59. The highest BCUT2D eigenvalue weighted by atomic mass is 79.9. The van der Waals surface area contributed by atoms with Gasteiger partial charge in [0.15, 0.2) is 0 Å². The molecular weight excluding hydrogens is 288 g/mol. The summed E-state index contributed by atoms with van der Waals surface area (Å²) in [5, 5.41) is 4.63. The van der Waals surface area contributed by atoms with Crippen molar-refractivity contribution in [2.45, 2.75) is 33.6 Å². The van der Waals surface area contributed by atoms with Crippen LogP contribution in [0.15, 0.2) is 22.7 Å². The van der Waals surface area contributed by atoms with Crippen molar-refractivity contribution in [3.8, 4) is 0 Å². The quantitative estimate of drug-likeness (QED) is 0.886. The van der Waals surface area contributed by atoms with Crippen molar-refractivity contribution < 1.29 is 0 Å². The topological polar surface area (TPSA) is 24.9 Å². The van der Waals surface area contributed by atoms with E-state index in [4.69, 9.17) is 4.98 Å². The van der Waals surface area contributed by atoms with Crippen LogP contribution in [0.5, 0.6) is 0 Å². The number of rotatable bonds is 4. The minimum atomic E-state index is 0.973. The largest absolute Gasteiger partial charge is 0.370 e. The van der Waals surface area contributed by atoms with Crippen LogP contribution in [0.25, 0.3) is 10.9 Å². The zero-order valence-electron chi connectivity index (χ0n) is 11.2. The first-order chi connectivity index (χ1) is 8.65. The lowest BCUT2D eigenvalue weighted by molar-refractivity contribution is 0.961. The molecule has 0 aliphatic carbocycles.